The summed E-state index contributed by atoms with van der Waals surface area (Å²) >= 11 is 0. The topological polar surface area (TPSA) is 0 Å². The second-order valence-corrected chi connectivity index (χ2v) is 124. The van der Waals surface area contributed by atoms with E-state index in [4.69, 9.17) is 0 Å². The second kappa shape index (κ2) is 8.75. The van der Waals surface area contributed by atoms with Crippen LogP contribution < -0.4 is 0 Å². The van der Waals surface area contributed by atoms with Crippen LogP contribution in [0.5, 0.6) is 0 Å². The molecule has 0 saturated carbocycles. The van der Waals surface area contributed by atoms with Crippen LogP contribution in [0.2, 0.25) is 82.6 Å². The first-order chi connectivity index (χ1) is 16.8. The highest BCUT2D eigenvalue weighted by atomic mass is 31.0. The fraction of sp³-hybridized carbons (Fsp3) is 1.00. The SMILES string of the molecule is CC(C)(C)[Si](C)(C)[Si]1([Si](C)(C)C(C)(C)C)[Si]2(C(C)(C)C)[Si]1(C(C)(C)C)[Si]2([Si](C)(C)C(C)(C)C)[Si](C)(C)C(C)(C)C. The zero-order chi connectivity index (χ0) is 33.0. The number of hydrogen-bond acceptors (Lipinski definition) is 0. The number of hydrogen-bond donors (Lipinski definition) is 0. The molecule has 0 bridgehead atoms. The van der Waals surface area contributed by atoms with Gasteiger partial charge in [0.1, 0.15) is 0 Å². The highest BCUT2D eigenvalue weighted by molar-refractivity contribution is 8.76. The minimum absolute atomic E-state index is 0.500. The second-order valence-electron chi connectivity index (χ2n) is 23.0. The van der Waals surface area contributed by atoms with Crippen LogP contribution in [-0.2, 0) is 0 Å². The van der Waals surface area contributed by atoms with Crippen LogP contribution in [0.25, 0.3) is 0 Å². The molecule has 2 heterocycles. The van der Waals surface area contributed by atoms with Crippen LogP contribution in [0.3, 0.4) is 0 Å². The molecule has 2 saturated heterocycles. The Morgan fingerprint density at radius 2 is 0.400 bits per heavy atom. The van der Waals surface area contributed by atoms with Crippen molar-refractivity contribution in [3.63, 3.8) is 0 Å². The maximum atomic E-state index is 3.04. The first kappa shape index (κ1) is 37.9. The summed E-state index contributed by atoms with van der Waals surface area (Å²) in [6, 6.07) is 0. The van der Waals surface area contributed by atoms with E-state index in [1.165, 1.54) is 0 Å². The summed E-state index contributed by atoms with van der Waals surface area (Å²) in [7, 11) is -6.42. The molecule has 2 fully saturated rings. The standard InChI is InChI=1S/C32H78Si8/c1-27(2,3)33(19,20)39(34(21,22)28(4,5)6)37(31(13,14)15)38(39,32(16,17)18)40(37,35(23,24)29(7,8)9)36(25,26)30(10,11)12/h1-26H3. The van der Waals surface area contributed by atoms with Crippen LogP contribution in [-0.4, -0.2) is 55.9 Å². The van der Waals surface area contributed by atoms with Crippen LogP contribution in [0.1, 0.15) is 125 Å². The molecule has 0 aromatic heterocycles. The van der Waals surface area contributed by atoms with Crippen molar-refractivity contribution in [1.82, 2.24) is 0 Å². The van der Waals surface area contributed by atoms with Gasteiger partial charge in [-0.15, -0.1) is 0 Å². The summed E-state index contributed by atoms with van der Waals surface area (Å²) in [5, 5.41) is 3.14. The van der Waals surface area contributed by atoms with Gasteiger partial charge in [-0.05, 0) is 30.2 Å². The maximum absolute atomic E-state index is 3.04. The summed E-state index contributed by atoms with van der Waals surface area (Å²) < 4.78 is 0. The van der Waals surface area contributed by atoms with Crippen molar-refractivity contribution in [3.8, 4) is 0 Å². The Labute approximate surface area is 261 Å². The van der Waals surface area contributed by atoms with E-state index in [2.05, 4.69) is 177 Å². The Morgan fingerprint density at radius 3 is 0.475 bits per heavy atom. The van der Waals surface area contributed by atoms with Gasteiger partial charge in [-0.2, -0.15) is 0 Å². The van der Waals surface area contributed by atoms with E-state index >= 15 is 0 Å². The summed E-state index contributed by atoms with van der Waals surface area (Å²) in [4.78, 5) is 0. The maximum Gasteiger partial charge on any atom is 0.0388 e. The third-order valence-corrected chi connectivity index (χ3v) is 299. The first-order valence-corrected chi connectivity index (χ1v) is 45.8. The van der Waals surface area contributed by atoms with Gasteiger partial charge in [-0.1, -0.05) is 177 Å². The summed E-state index contributed by atoms with van der Waals surface area (Å²) in [5.41, 5.74) is 0. The fourth-order valence-corrected chi connectivity index (χ4v) is 714. The molecule has 0 amide bonds. The van der Waals surface area contributed by atoms with Gasteiger partial charge < -0.3 is 0 Å². The summed E-state index contributed by atoms with van der Waals surface area (Å²) in [6.45, 7) is 71.5. The average Bonchev–Trinajstić information content (AvgIpc) is 3.40. The van der Waals surface area contributed by atoms with E-state index in [9.17, 15) is 0 Å². The van der Waals surface area contributed by atoms with Crippen LogP contribution in [0.4, 0.5) is 0 Å². The lowest BCUT2D eigenvalue weighted by Crippen LogP contribution is -2.97. The van der Waals surface area contributed by atoms with Gasteiger partial charge in [-0.3, -0.25) is 0 Å². The molecule has 2 rings (SSSR count). The van der Waals surface area contributed by atoms with E-state index in [0.717, 1.165) is 0 Å². The van der Waals surface area contributed by atoms with Gasteiger partial charge in [0.25, 0.3) is 0 Å². The minimum atomic E-state index is -1.61. The highest BCUT2D eigenvalue weighted by Gasteiger charge is 3.23. The smallest absolute Gasteiger partial charge is 0.0388 e. The Hall–Kier alpha value is 1.74. The Bertz CT molecular complexity index is 874. The lowest BCUT2D eigenvalue weighted by Gasteiger charge is -2.72. The van der Waals surface area contributed by atoms with Crippen molar-refractivity contribution >= 4 is 55.9 Å². The van der Waals surface area contributed by atoms with E-state index in [0.29, 0.717) is 30.2 Å². The van der Waals surface area contributed by atoms with Gasteiger partial charge in [-0.25, -0.2) is 0 Å². The molecule has 238 valence electrons. The third kappa shape index (κ3) is 3.38. The fourth-order valence-electron chi connectivity index (χ4n) is 12.6. The Morgan fingerprint density at radius 1 is 0.275 bits per heavy atom. The molecule has 8 heteroatoms. The molecule has 0 N–H and O–H groups in total. The van der Waals surface area contributed by atoms with Gasteiger partial charge in [0.05, 0.1) is 0 Å². The lowest BCUT2D eigenvalue weighted by molar-refractivity contribution is 0.722. The van der Waals surface area contributed by atoms with Crippen molar-refractivity contribution in [3.05, 3.63) is 0 Å². The lowest BCUT2D eigenvalue weighted by atomic mass is 10.2. The predicted molar refractivity (Wildman–Crippen MR) is 211 cm³/mol. The largest absolute Gasteiger partial charge is 0.0715 e. The van der Waals surface area contributed by atoms with Gasteiger partial charge in [0.15, 0.2) is 0 Å². The van der Waals surface area contributed by atoms with Crippen LogP contribution >= 0.6 is 0 Å². The molecule has 0 aromatic carbocycles. The molecule has 0 unspecified atom stereocenters. The molecule has 2 aliphatic heterocycles. The Balaban J connectivity index is 3.59. The number of rotatable bonds is 4. The molecule has 40 heavy (non-hydrogen) atoms. The van der Waals surface area contributed by atoms with Gasteiger partial charge in [0.2, 0.25) is 0 Å². The van der Waals surface area contributed by atoms with Crippen molar-refractivity contribution in [1.29, 1.82) is 0 Å². The highest BCUT2D eigenvalue weighted by Crippen LogP contribution is 2.96. The average molecular weight is 688 g/mol. The molecule has 0 radical (unpaired) electrons. The molecule has 2 aliphatic rings. The summed E-state index contributed by atoms with van der Waals surface area (Å²) in [6.07, 6.45) is -3.17. The van der Waals surface area contributed by atoms with Crippen LogP contribution in [0.15, 0.2) is 0 Å². The van der Waals surface area contributed by atoms with E-state index in [1.807, 2.05) is 0 Å². The van der Waals surface area contributed by atoms with Crippen molar-refractivity contribution < 1.29 is 0 Å². The number of fused-ring (bicyclic) bond motifs is 1. The van der Waals surface area contributed by atoms with E-state index in [-0.39, 0.29) is 0 Å². The Kier molecular flexibility index (Phi) is 8.29. The molecule has 0 aromatic rings. The zero-order valence-electron chi connectivity index (χ0n) is 33.0. The zero-order valence-corrected chi connectivity index (χ0v) is 41.0. The van der Waals surface area contributed by atoms with Crippen molar-refractivity contribution in [2.75, 3.05) is 0 Å². The van der Waals surface area contributed by atoms with E-state index in [1.54, 1.807) is 0 Å². The third-order valence-electron chi connectivity index (χ3n) is 16.2. The first-order valence-electron chi connectivity index (χ1n) is 16.8. The molecule has 0 atom stereocenters. The molecule has 0 nitrogen and oxygen atoms in total. The molecular weight excluding hydrogens is 609 g/mol. The van der Waals surface area contributed by atoms with E-state index < -0.39 is 55.9 Å². The van der Waals surface area contributed by atoms with Crippen LogP contribution in [0, 0.1) is 0 Å². The van der Waals surface area contributed by atoms with Gasteiger partial charge in [0, 0.05) is 55.9 Å². The van der Waals surface area contributed by atoms with Gasteiger partial charge >= 0.3 is 0 Å². The molecule has 0 spiro atoms. The molecular formula is C32H78Si8. The minimum Gasteiger partial charge on any atom is -0.0715 e. The van der Waals surface area contributed by atoms with Crippen molar-refractivity contribution in [2.45, 2.75) is 207 Å². The molecule has 0 aliphatic carbocycles. The normalized spacial score (nSPS) is 28.4. The predicted octanol–water partition coefficient (Wildman–Crippen LogP) is 12.1. The van der Waals surface area contributed by atoms with Crippen molar-refractivity contribution in [2.24, 2.45) is 0 Å². The quantitative estimate of drug-likeness (QED) is 0.258. The summed E-state index contributed by atoms with van der Waals surface area (Å²) in [5.74, 6) is 0. The monoisotopic (exact) mass is 686 g/mol.